The minimum absolute atomic E-state index is 0.181. The molecule has 0 bridgehead atoms. The van der Waals surface area contributed by atoms with Crippen LogP contribution in [-0.4, -0.2) is 54.4 Å². The smallest absolute Gasteiger partial charge is 0.317 e. The molecule has 0 radical (unpaired) electrons. The summed E-state index contributed by atoms with van der Waals surface area (Å²) < 4.78 is 5.22. The number of aliphatic carboxylic acids is 1. The predicted molar refractivity (Wildman–Crippen MR) is 75.7 cm³/mol. The van der Waals surface area contributed by atoms with E-state index < -0.39 is 11.9 Å². The Bertz CT molecular complexity index is 322. The molecular formula is C14H26N2O4. The van der Waals surface area contributed by atoms with Gasteiger partial charge in [0.1, 0.15) is 5.92 Å². The van der Waals surface area contributed by atoms with Gasteiger partial charge in [-0.15, -0.1) is 0 Å². The van der Waals surface area contributed by atoms with Crippen LogP contribution in [0.25, 0.3) is 0 Å². The molecule has 0 aromatic heterocycles. The van der Waals surface area contributed by atoms with E-state index >= 15 is 0 Å². The van der Waals surface area contributed by atoms with Crippen molar-refractivity contribution in [3.8, 4) is 0 Å². The SMILES string of the molecule is CCCCCCNC(=O)N(CC)C1COCC1C(=O)O. The van der Waals surface area contributed by atoms with Crippen LogP contribution in [0.15, 0.2) is 0 Å². The average Bonchev–Trinajstić information content (AvgIpc) is 2.89. The van der Waals surface area contributed by atoms with E-state index in [-0.39, 0.29) is 18.7 Å². The van der Waals surface area contributed by atoms with E-state index in [0.29, 0.717) is 19.7 Å². The number of nitrogens with zero attached hydrogens (tertiary/aromatic N) is 1. The summed E-state index contributed by atoms with van der Waals surface area (Å²) in [6.07, 6.45) is 4.40. The van der Waals surface area contributed by atoms with E-state index in [1.54, 1.807) is 4.90 Å². The summed E-state index contributed by atoms with van der Waals surface area (Å²) in [5.41, 5.74) is 0. The van der Waals surface area contributed by atoms with E-state index in [1.807, 2.05) is 6.92 Å². The van der Waals surface area contributed by atoms with Crippen LogP contribution >= 0.6 is 0 Å². The fourth-order valence-corrected chi connectivity index (χ4v) is 2.46. The second kappa shape index (κ2) is 8.79. The van der Waals surface area contributed by atoms with Crippen LogP contribution < -0.4 is 5.32 Å². The molecule has 1 heterocycles. The molecule has 6 heteroatoms. The van der Waals surface area contributed by atoms with Gasteiger partial charge in [0, 0.05) is 13.1 Å². The summed E-state index contributed by atoms with van der Waals surface area (Å²) in [7, 11) is 0. The second-order valence-electron chi connectivity index (χ2n) is 5.13. The summed E-state index contributed by atoms with van der Waals surface area (Å²) in [5.74, 6) is -1.53. The van der Waals surface area contributed by atoms with E-state index in [4.69, 9.17) is 9.84 Å². The molecule has 1 aliphatic heterocycles. The van der Waals surface area contributed by atoms with Gasteiger partial charge in [0.25, 0.3) is 0 Å². The maximum atomic E-state index is 12.1. The molecule has 0 aliphatic carbocycles. The maximum absolute atomic E-state index is 12.1. The first kappa shape index (κ1) is 16.8. The van der Waals surface area contributed by atoms with Crippen molar-refractivity contribution in [3.05, 3.63) is 0 Å². The Morgan fingerprint density at radius 3 is 2.60 bits per heavy atom. The lowest BCUT2D eigenvalue weighted by Crippen LogP contribution is -2.50. The molecule has 0 saturated carbocycles. The number of hydrogen-bond donors (Lipinski definition) is 2. The van der Waals surface area contributed by atoms with Crippen molar-refractivity contribution >= 4 is 12.0 Å². The number of nitrogens with one attached hydrogen (secondary N) is 1. The number of carbonyl (C=O) groups excluding carboxylic acids is 1. The monoisotopic (exact) mass is 286 g/mol. The number of hydrogen-bond acceptors (Lipinski definition) is 3. The number of urea groups is 1. The van der Waals surface area contributed by atoms with E-state index in [0.717, 1.165) is 19.3 Å². The van der Waals surface area contributed by atoms with Crippen molar-refractivity contribution in [2.75, 3.05) is 26.3 Å². The summed E-state index contributed by atoms with van der Waals surface area (Å²) in [6, 6.07) is -0.557. The third-order valence-corrected chi connectivity index (χ3v) is 3.68. The number of carboxylic acid groups (broad SMARTS) is 1. The lowest BCUT2D eigenvalue weighted by atomic mass is 10.0. The minimum Gasteiger partial charge on any atom is -0.481 e. The summed E-state index contributed by atoms with van der Waals surface area (Å²) >= 11 is 0. The van der Waals surface area contributed by atoms with Gasteiger partial charge in [-0.3, -0.25) is 4.79 Å². The lowest BCUT2D eigenvalue weighted by Gasteiger charge is -2.29. The molecule has 6 nitrogen and oxygen atoms in total. The fraction of sp³-hybridized carbons (Fsp3) is 0.857. The largest absolute Gasteiger partial charge is 0.481 e. The van der Waals surface area contributed by atoms with Gasteiger partial charge in [-0.05, 0) is 13.3 Å². The number of unbranched alkanes of at least 4 members (excludes halogenated alkanes) is 3. The van der Waals surface area contributed by atoms with Crippen molar-refractivity contribution in [1.29, 1.82) is 0 Å². The number of amides is 2. The predicted octanol–water partition coefficient (Wildman–Crippen LogP) is 1.70. The molecule has 20 heavy (non-hydrogen) atoms. The molecule has 1 rings (SSSR count). The average molecular weight is 286 g/mol. The van der Waals surface area contributed by atoms with Crippen molar-refractivity contribution < 1.29 is 19.4 Å². The fourth-order valence-electron chi connectivity index (χ4n) is 2.46. The van der Waals surface area contributed by atoms with Crippen LogP contribution in [0.3, 0.4) is 0 Å². The number of likely N-dealkylation sites (N-methyl/N-ethyl adjacent to an activating group) is 1. The molecule has 2 unspecified atom stereocenters. The van der Waals surface area contributed by atoms with Gasteiger partial charge in [-0.2, -0.15) is 0 Å². The third-order valence-electron chi connectivity index (χ3n) is 3.68. The first-order chi connectivity index (χ1) is 9.61. The number of rotatable bonds is 8. The van der Waals surface area contributed by atoms with Gasteiger partial charge in [0.05, 0.1) is 19.3 Å². The zero-order chi connectivity index (χ0) is 15.0. The number of carbonyl (C=O) groups is 2. The molecule has 1 fully saturated rings. The summed E-state index contributed by atoms with van der Waals surface area (Å²) in [6.45, 7) is 5.60. The quantitative estimate of drug-likeness (QED) is 0.666. The van der Waals surface area contributed by atoms with Gasteiger partial charge in [0.2, 0.25) is 0 Å². The Hall–Kier alpha value is -1.30. The molecule has 0 spiro atoms. The molecule has 1 aliphatic rings. The van der Waals surface area contributed by atoms with Crippen molar-refractivity contribution in [2.45, 2.75) is 45.6 Å². The lowest BCUT2D eigenvalue weighted by molar-refractivity contribution is -0.142. The molecule has 2 atom stereocenters. The van der Waals surface area contributed by atoms with Crippen LogP contribution in [0.5, 0.6) is 0 Å². The van der Waals surface area contributed by atoms with Gasteiger partial charge >= 0.3 is 12.0 Å². The Kier molecular flexibility index (Phi) is 7.36. The number of carboxylic acids is 1. The third kappa shape index (κ3) is 4.67. The molecule has 0 aromatic rings. The highest BCUT2D eigenvalue weighted by atomic mass is 16.5. The Morgan fingerprint density at radius 2 is 2.00 bits per heavy atom. The normalized spacial score (nSPS) is 21.7. The maximum Gasteiger partial charge on any atom is 0.317 e. The van der Waals surface area contributed by atoms with E-state index in [1.165, 1.54) is 6.42 Å². The van der Waals surface area contributed by atoms with Gasteiger partial charge in [-0.25, -0.2) is 4.79 Å². The van der Waals surface area contributed by atoms with E-state index in [2.05, 4.69) is 12.2 Å². The topological polar surface area (TPSA) is 78.9 Å². The van der Waals surface area contributed by atoms with Crippen LogP contribution in [0.4, 0.5) is 4.79 Å². The van der Waals surface area contributed by atoms with Crippen molar-refractivity contribution in [1.82, 2.24) is 10.2 Å². The highest BCUT2D eigenvalue weighted by Crippen LogP contribution is 2.20. The molecular weight excluding hydrogens is 260 g/mol. The summed E-state index contributed by atoms with van der Waals surface area (Å²) in [4.78, 5) is 24.9. The first-order valence-corrected chi connectivity index (χ1v) is 7.46. The zero-order valence-electron chi connectivity index (χ0n) is 12.4. The van der Waals surface area contributed by atoms with Crippen LogP contribution in [0.2, 0.25) is 0 Å². The second-order valence-corrected chi connectivity index (χ2v) is 5.13. The molecule has 2 amide bonds. The van der Waals surface area contributed by atoms with E-state index in [9.17, 15) is 9.59 Å². The Balaban J connectivity index is 2.44. The van der Waals surface area contributed by atoms with Gasteiger partial charge in [0.15, 0.2) is 0 Å². The molecule has 1 saturated heterocycles. The first-order valence-electron chi connectivity index (χ1n) is 7.46. The Labute approximate surface area is 120 Å². The Morgan fingerprint density at radius 1 is 1.25 bits per heavy atom. The zero-order valence-corrected chi connectivity index (χ0v) is 12.4. The van der Waals surface area contributed by atoms with Crippen LogP contribution in [0.1, 0.15) is 39.5 Å². The number of ether oxygens (including phenoxy) is 1. The standard InChI is InChI=1S/C14H26N2O4/c1-3-5-6-7-8-15-14(19)16(4-2)12-10-20-9-11(12)13(17)18/h11-12H,3-10H2,1-2H3,(H,15,19)(H,17,18). The van der Waals surface area contributed by atoms with Crippen LogP contribution in [0, 0.1) is 5.92 Å². The van der Waals surface area contributed by atoms with Crippen LogP contribution in [-0.2, 0) is 9.53 Å². The highest BCUT2D eigenvalue weighted by molar-refractivity contribution is 5.77. The molecule has 0 aromatic carbocycles. The minimum atomic E-state index is -0.901. The van der Waals surface area contributed by atoms with Crippen molar-refractivity contribution in [3.63, 3.8) is 0 Å². The van der Waals surface area contributed by atoms with Gasteiger partial charge < -0.3 is 20.1 Å². The molecule has 2 N–H and O–H groups in total. The van der Waals surface area contributed by atoms with Crippen molar-refractivity contribution in [2.24, 2.45) is 5.92 Å². The molecule has 116 valence electrons. The highest BCUT2D eigenvalue weighted by Gasteiger charge is 2.39. The van der Waals surface area contributed by atoms with Gasteiger partial charge in [-0.1, -0.05) is 26.2 Å². The summed E-state index contributed by atoms with van der Waals surface area (Å²) in [5, 5.41) is 12.0.